The van der Waals surface area contributed by atoms with Crippen LogP contribution in [0.5, 0.6) is 0 Å². The summed E-state index contributed by atoms with van der Waals surface area (Å²) in [5.74, 6) is 0.956. The maximum absolute atomic E-state index is 13.5. The van der Waals surface area contributed by atoms with E-state index < -0.39 is 0 Å². The van der Waals surface area contributed by atoms with Crippen LogP contribution in [0, 0.1) is 5.82 Å². The highest BCUT2D eigenvalue weighted by Gasteiger charge is 2.17. The van der Waals surface area contributed by atoms with Gasteiger partial charge >= 0.3 is 0 Å². The lowest BCUT2D eigenvalue weighted by molar-refractivity contribution is 0.627. The van der Waals surface area contributed by atoms with Gasteiger partial charge in [0.1, 0.15) is 11.5 Å². The topological polar surface area (TPSA) is 60.9 Å². The molecule has 0 saturated heterocycles. The van der Waals surface area contributed by atoms with Gasteiger partial charge in [0.2, 0.25) is 0 Å². The third-order valence-corrected chi connectivity index (χ3v) is 5.66. The van der Waals surface area contributed by atoms with Crippen LogP contribution in [0.4, 0.5) is 4.39 Å². The fourth-order valence-electron chi connectivity index (χ4n) is 3.10. The van der Waals surface area contributed by atoms with Gasteiger partial charge < -0.3 is 4.40 Å². The molecule has 0 aliphatic carbocycles. The summed E-state index contributed by atoms with van der Waals surface area (Å²) in [6.07, 6.45) is 7.17. The molecule has 0 amide bonds. The molecule has 30 heavy (non-hydrogen) atoms. The molecule has 0 N–H and O–H groups in total. The summed E-state index contributed by atoms with van der Waals surface area (Å²) in [5, 5.41) is 10.1. The Hall–Kier alpha value is -3.23. The first-order valence-electron chi connectivity index (χ1n) is 9.05. The van der Waals surface area contributed by atoms with Crippen LogP contribution in [-0.2, 0) is 5.75 Å². The second kappa shape index (κ2) is 7.89. The lowest BCUT2D eigenvalue weighted by Crippen LogP contribution is -2.00. The Morgan fingerprint density at radius 1 is 0.933 bits per heavy atom. The Kier molecular flexibility index (Phi) is 4.94. The SMILES string of the molecule is Fc1ccc(-n2c(SCc3cn4cc(Cl)ccc4n3)nnc2-c2ccncc2)cc1. The Morgan fingerprint density at radius 2 is 1.73 bits per heavy atom. The van der Waals surface area contributed by atoms with E-state index in [1.807, 2.05) is 45.6 Å². The summed E-state index contributed by atoms with van der Waals surface area (Å²) in [5.41, 5.74) is 3.36. The van der Waals surface area contributed by atoms with Crippen LogP contribution in [0.25, 0.3) is 22.7 Å². The molecule has 0 spiro atoms. The van der Waals surface area contributed by atoms with Crippen molar-refractivity contribution in [1.82, 2.24) is 29.1 Å². The van der Waals surface area contributed by atoms with Crippen LogP contribution < -0.4 is 0 Å². The zero-order valence-electron chi connectivity index (χ0n) is 15.5. The number of benzene rings is 1. The maximum atomic E-state index is 13.5. The molecular formula is C21H14ClFN6S. The minimum Gasteiger partial charge on any atom is -0.305 e. The number of thioether (sulfide) groups is 1. The average molecular weight is 437 g/mol. The zero-order valence-corrected chi connectivity index (χ0v) is 17.1. The molecule has 0 saturated carbocycles. The van der Waals surface area contributed by atoms with Gasteiger partial charge in [0.05, 0.1) is 10.7 Å². The molecule has 4 heterocycles. The van der Waals surface area contributed by atoms with E-state index in [2.05, 4.69) is 20.2 Å². The molecule has 5 aromatic rings. The van der Waals surface area contributed by atoms with Crippen molar-refractivity contribution < 1.29 is 4.39 Å². The fourth-order valence-corrected chi connectivity index (χ4v) is 4.10. The summed E-state index contributed by atoms with van der Waals surface area (Å²) >= 11 is 7.56. The van der Waals surface area contributed by atoms with E-state index in [9.17, 15) is 4.39 Å². The fraction of sp³-hybridized carbons (Fsp3) is 0.0476. The van der Waals surface area contributed by atoms with Gasteiger partial charge in [0, 0.05) is 41.8 Å². The zero-order chi connectivity index (χ0) is 20.5. The number of hydrogen-bond acceptors (Lipinski definition) is 5. The smallest absolute Gasteiger partial charge is 0.196 e. The summed E-state index contributed by atoms with van der Waals surface area (Å²) in [6.45, 7) is 0. The van der Waals surface area contributed by atoms with Crippen molar-refractivity contribution >= 4 is 29.0 Å². The van der Waals surface area contributed by atoms with Crippen molar-refractivity contribution in [1.29, 1.82) is 0 Å². The predicted octanol–water partition coefficient (Wildman–Crippen LogP) is 5.06. The summed E-state index contributed by atoms with van der Waals surface area (Å²) in [7, 11) is 0. The third-order valence-electron chi connectivity index (χ3n) is 4.47. The highest BCUT2D eigenvalue weighted by Crippen LogP contribution is 2.29. The number of imidazole rings is 1. The first kappa shape index (κ1) is 18.8. The Labute approximate surface area is 180 Å². The summed E-state index contributed by atoms with van der Waals surface area (Å²) < 4.78 is 17.3. The van der Waals surface area contributed by atoms with E-state index in [1.54, 1.807) is 24.5 Å². The van der Waals surface area contributed by atoms with Gasteiger partial charge in [-0.05, 0) is 48.5 Å². The molecule has 0 radical (unpaired) electrons. The molecule has 0 bridgehead atoms. The second-order valence-corrected chi connectivity index (χ2v) is 7.87. The van der Waals surface area contributed by atoms with Crippen LogP contribution >= 0.6 is 23.4 Å². The first-order chi connectivity index (χ1) is 14.7. The van der Waals surface area contributed by atoms with Crippen LogP contribution in [0.3, 0.4) is 0 Å². The normalized spacial score (nSPS) is 11.3. The number of rotatable bonds is 5. The minimum absolute atomic E-state index is 0.296. The molecule has 6 nitrogen and oxygen atoms in total. The Morgan fingerprint density at radius 3 is 2.53 bits per heavy atom. The van der Waals surface area contributed by atoms with Gasteiger partial charge in [-0.3, -0.25) is 9.55 Å². The van der Waals surface area contributed by atoms with Crippen LogP contribution in [0.2, 0.25) is 5.02 Å². The lowest BCUT2D eigenvalue weighted by atomic mass is 10.2. The van der Waals surface area contributed by atoms with Gasteiger partial charge in [-0.25, -0.2) is 9.37 Å². The van der Waals surface area contributed by atoms with E-state index in [0.29, 0.717) is 21.8 Å². The maximum Gasteiger partial charge on any atom is 0.196 e. The molecule has 4 aromatic heterocycles. The first-order valence-corrected chi connectivity index (χ1v) is 10.4. The van der Waals surface area contributed by atoms with Crippen LogP contribution in [0.1, 0.15) is 5.69 Å². The van der Waals surface area contributed by atoms with E-state index in [0.717, 1.165) is 22.6 Å². The number of pyridine rings is 2. The average Bonchev–Trinajstić information content (AvgIpc) is 3.37. The molecular weight excluding hydrogens is 423 g/mol. The molecule has 0 aliphatic heterocycles. The van der Waals surface area contributed by atoms with E-state index in [-0.39, 0.29) is 5.82 Å². The van der Waals surface area contributed by atoms with E-state index >= 15 is 0 Å². The van der Waals surface area contributed by atoms with Crippen molar-refractivity contribution in [3.8, 4) is 17.1 Å². The predicted molar refractivity (Wildman–Crippen MR) is 114 cm³/mol. The molecule has 5 rings (SSSR count). The largest absolute Gasteiger partial charge is 0.305 e. The lowest BCUT2D eigenvalue weighted by Gasteiger charge is -2.10. The number of nitrogens with zero attached hydrogens (tertiary/aromatic N) is 6. The second-order valence-electron chi connectivity index (χ2n) is 6.49. The van der Waals surface area contributed by atoms with Crippen LogP contribution in [-0.4, -0.2) is 29.1 Å². The quantitative estimate of drug-likeness (QED) is 0.360. The van der Waals surface area contributed by atoms with Gasteiger partial charge in [-0.15, -0.1) is 10.2 Å². The van der Waals surface area contributed by atoms with E-state index in [4.69, 9.17) is 11.6 Å². The molecule has 0 atom stereocenters. The molecule has 0 fully saturated rings. The van der Waals surface area contributed by atoms with Crippen LogP contribution in [0.15, 0.2) is 78.5 Å². The highest BCUT2D eigenvalue weighted by atomic mass is 35.5. The van der Waals surface area contributed by atoms with Gasteiger partial charge in [0.15, 0.2) is 11.0 Å². The number of halogens is 2. The molecule has 9 heteroatoms. The number of aromatic nitrogens is 6. The highest BCUT2D eigenvalue weighted by molar-refractivity contribution is 7.98. The van der Waals surface area contributed by atoms with Crippen molar-refractivity contribution in [2.24, 2.45) is 0 Å². The Balaban J connectivity index is 1.51. The molecule has 148 valence electrons. The number of hydrogen-bond donors (Lipinski definition) is 0. The standard InChI is InChI=1S/C21H14ClFN6S/c22-15-1-6-19-25-17(12-28(19)11-15)13-30-21-27-26-20(14-7-9-24-10-8-14)29(21)18-4-2-16(23)3-5-18/h1-12H,13H2. The third kappa shape index (κ3) is 3.67. The summed E-state index contributed by atoms with van der Waals surface area (Å²) in [4.78, 5) is 8.68. The van der Waals surface area contributed by atoms with Gasteiger partial charge in [-0.2, -0.15) is 0 Å². The van der Waals surface area contributed by atoms with Gasteiger partial charge in [0.25, 0.3) is 0 Å². The molecule has 1 aromatic carbocycles. The Bertz CT molecular complexity index is 1320. The van der Waals surface area contributed by atoms with Gasteiger partial charge in [-0.1, -0.05) is 23.4 Å². The van der Waals surface area contributed by atoms with E-state index in [1.165, 1.54) is 23.9 Å². The molecule has 0 aliphatic rings. The van der Waals surface area contributed by atoms with Crippen molar-refractivity contribution in [3.63, 3.8) is 0 Å². The monoisotopic (exact) mass is 436 g/mol. The minimum atomic E-state index is -0.296. The molecule has 0 unspecified atom stereocenters. The van der Waals surface area contributed by atoms with Crippen molar-refractivity contribution in [3.05, 3.63) is 89.9 Å². The van der Waals surface area contributed by atoms with Crippen molar-refractivity contribution in [2.45, 2.75) is 10.9 Å². The summed E-state index contributed by atoms with van der Waals surface area (Å²) in [6, 6.07) is 13.7. The number of fused-ring (bicyclic) bond motifs is 1. The van der Waals surface area contributed by atoms with Crippen molar-refractivity contribution in [2.75, 3.05) is 0 Å².